The van der Waals surface area contributed by atoms with E-state index < -0.39 is 11.6 Å². The van der Waals surface area contributed by atoms with Crippen LogP contribution in [0.25, 0.3) is 6.08 Å². The maximum atomic E-state index is 12.4. The number of hydrogen-bond acceptors (Lipinski definition) is 5. The van der Waals surface area contributed by atoms with Gasteiger partial charge in [0.15, 0.2) is 0 Å². The summed E-state index contributed by atoms with van der Waals surface area (Å²) in [4.78, 5) is 29.8. The summed E-state index contributed by atoms with van der Waals surface area (Å²) >= 11 is 0. The number of ether oxygens (including phenoxy) is 1. The van der Waals surface area contributed by atoms with Gasteiger partial charge in [-0.3, -0.25) is 14.5 Å². The second-order valence-corrected chi connectivity index (χ2v) is 6.26. The number of aromatic hydroxyl groups is 1. The average molecular weight is 316 g/mol. The van der Waals surface area contributed by atoms with E-state index >= 15 is 0 Å². The molecule has 122 valence electrons. The van der Waals surface area contributed by atoms with E-state index in [1.54, 1.807) is 45.9 Å². The van der Waals surface area contributed by atoms with Crippen molar-refractivity contribution in [1.29, 1.82) is 0 Å². The number of aliphatic imine (C=N–C) groups is 1. The van der Waals surface area contributed by atoms with Crippen LogP contribution in [0.15, 0.2) is 35.0 Å². The summed E-state index contributed by atoms with van der Waals surface area (Å²) in [6.07, 6.45) is 1.61. The van der Waals surface area contributed by atoms with Crippen molar-refractivity contribution in [3.05, 3.63) is 35.5 Å². The van der Waals surface area contributed by atoms with Crippen LogP contribution in [0.3, 0.4) is 0 Å². The van der Waals surface area contributed by atoms with Gasteiger partial charge in [0, 0.05) is 0 Å². The van der Waals surface area contributed by atoms with Crippen molar-refractivity contribution >= 4 is 23.8 Å². The number of esters is 1. The van der Waals surface area contributed by atoms with E-state index in [1.807, 2.05) is 0 Å². The van der Waals surface area contributed by atoms with E-state index in [0.717, 1.165) is 5.56 Å². The number of phenols is 1. The van der Waals surface area contributed by atoms with Gasteiger partial charge in [-0.05, 0) is 51.5 Å². The van der Waals surface area contributed by atoms with Crippen LogP contribution in [0.1, 0.15) is 33.3 Å². The normalized spacial score (nSPS) is 16.7. The quantitative estimate of drug-likeness (QED) is 0.685. The molecule has 1 aromatic carbocycles. The Morgan fingerprint density at radius 2 is 1.91 bits per heavy atom. The molecule has 1 aromatic rings. The second kappa shape index (κ2) is 6.24. The predicted octanol–water partition coefficient (Wildman–Crippen LogP) is 2.34. The molecule has 1 heterocycles. The molecule has 6 nitrogen and oxygen atoms in total. The molecule has 0 fully saturated rings. The van der Waals surface area contributed by atoms with Crippen LogP contribution in [0, 0.1) is 0 Å². The molecule has 0 radical (unpaired) electrons. The van der Waals surface area contributed by atoms with Crippen molar-refractivity contribution in [3.8, 4) is 5.75 Å². The zero-order chi connectivity index (χ0) is 17.2. The Labute approximate surface area is 135 Å². The highest BCUT2D eigenvalue weighted by Crippen LogP contribution is 2.20. The minimum Gasteiger partial charge on any atom is -0.508 e. The van der Waals surface area contributed by atoms with Crippen molar-refractivity contribution in [2.24, 2.45) is 4.99 Å². The van der Waals surface area contributed by atoms with E-state index in [-0.39, 0.29) is 23.9 Å². The lowest BCUT2D eigenvalue weighted by Gasteiger charge is -2.22. The van der Waals surface area contributed by atoms with Gasteiger partial charge in [0.05, 0.1) is 0 Å². The number of carbonyl (C=O) groups excluding carboxylic acids is 2. The molecule has 23 heavy (non-hydrogen) atoms. The van der Waals surface area contributed by atoms with Crippen LogP contribution >= 0.6 is 0 Å². The first-order chi connectivity index (χ1) is 10.7. The highest BCUT2D eigenvalue weighted by Gasteiger charge is 2.30. The maximum absolute atomic E-state index is 12.4. The number of hydrogen-bond donors (Lipinski definition) is 1. The predicted molar refractivity (Wildman–Crippen MR) is 86.8 cm³/mol. The van der Waals surface area contributed by atoms with Crippen molar-refractivity contribution < 1.29 is 19.4 Å². The van der Waals surface area contributed by atoms with Gasteiger partial charge < -0.3 is 9.84 Å². The largest absolute Gasteiger partial charge is 0.508 e. The molecule has 0 aliphatic carbocycles. The summed E-state index contributed by atoms with van der Waals surface area (Å²) in [7, 11) is 0. The third-order valence-electron chi connectivity index (χ3n) is 3.04. The third kappa shape index (κ3) is 4.42. The van der Waals surface area contributed by atoms with Crippen molar-refractivity contribution in [2.75, 3.05) is 6.54 Å². The fraction of sp³-hybridized carbons (Fsp3) is 0.353. The average Bonchev–Trinajstić information content (AvgIpc) is 2.67. The van der Waals surface area contributed by atoms with Gasteiger partial charge in [-0.2, -0.15) is 0 Å². The highest BCUT2D eigenvalue weighted by atomic mass is 16.6. The lowest BCUT2D eigenvalue weighted by atomic mass is 10.2. The van der Waals surface area contributed by atoms with Gasteiger partial charge in [-0.15, -0.1) is 0 Å². The summed E-state index contributed by atoms with van der Waals surface area (Å²) in [5, 5.41) is 9.27. The topological polar surface area (TPSA) is 79.2 Å². The molecule has 0 spiro atoms. The van der Waals surface area contributed by atoms with E-state index in [9.17, 15) is 14.7 Å². The zero-order valence-corrected chi connectivity index (χ0v) is 13.7. The first kappa shape index (κ1) is 16.7. The number of rotatable bonds is 3. The van der Waals surface area contributed by atoms with Gasteiger partial charge in [0.1, 0.15) is 29.4 Å². The van der Waals surface area contributed by atoms with Crippen LogP contribution in [0.5, 0.6) is 5.75 Å². The third-order valence-corrected chi connectivity index (χ3v) is 3.04. The Hall–Kier alpha value is -2.63. The van der Waals surface area contributed by atoms with Gasteiger partial charge in [0.2, 0.25) is 0 Å². The first-order valence-corrected chi connectivity index (χ1v) is 7.25. The van der Waals surface area contributed by atoms with E-state index in [0.29, 0.717) is 5.84 Å². The Kier molecular flexibility index (Phi) is 4.54. The van der Waals surface area contributed by atoms with Crippen molar-refractivity contribution in [3.63, 3.8) is 0 Å². The Morgan fingerprint density at radius 1 is 1.30 bits per heavy atom. The molecule has 0 saturated carbocycles. The van der Waals surface area contributed by atoms with Crippen molar-refractivity contribution in [1.82, 2.24) is 4.90 Å². The number of amides is 1. The molecule has 1 aliphatic heterocycles. The van der Waals surface area contributed by atoms with E-state index in [1.165, 1.54) is 17.0 Å². The highest BCUT2D eigenvalue weighted by molar-refractivity contribution is 6.14. The Bertz CT molecular complexity index is 682. The smallest absolute Gasteiger partial charge is 0.326 e. The fourth-order valence-corrected chi connectivity index (χ4v) is 2.08. The molecular formula is C17H20N2O4. The van der Waals surface area contributed by atoms with Crippen LogP contribution in [-0.4, -0.2) is 39.9 Å². The molecule has 6 heteroatoms. The lowest BCUT2D eigenvalue weighted by Crippen LogP contribution is -2.38. The van der Waals surface area contributed by atoms with Crippen LogP contribution in [0.4, 0.5) is 0 Å². The molecule has 1 N–H and O–H groups in total. The number of amidine groups is 1. The molecule has 1 amide bonds. The second-order valence-electron chi connectivity index (χ2n) is 6.26. The lowest BCUT2D eigenvalue weighted by molar-refractivity contribution is -0.156. The molecule has 0 atom stereocenters. The van der Waals surface area contributed by atoms with E-state index in [4.69, 9.17) is 4.74 Å². The summed E-state index contributed by atoms with van der Waals surface area (Å²) in [6, 6.07) is 6.41. The number of carbonyl (C=O) groups is 2. The minimum atomic E-state index is -0.602. The van der Waals surface area contributed by atoms with Crippen LogP contribution in [0.2, 0.25) is 0 Å². The number of phenolic OH excluding ortho intramolecular Hbond substituents is 1. The molecule has 0 unspecified atom stereocenters. The molecule has 2 rings (SSSR count). The van der Waals surface area contributed by atoms with Gasteiger partial charge in [-0.25, -0.2) is 4.99 Å². The standard InChI is InChI=1S/C17H20N2O4/c1-11-18-14(9-12-5-7-13(20)8-6-12)16(22)19(11)10-15(21)23-17(2,3)4/h5-9,20H,10H2,1-4H3. The maximum Gasteiger partial charge on any atom is 0.326 e. The number of nitrogens with zero attached hydrogens (tertiary/aromatic N) is 2. The Balaban J connectivity index is 2.12. The van der Waals surface area contributed by atoms with E-state index in [2.05, 4.69) is 4.99 Å². The molecule has 0 bridgehead atoms. The van der Waals surface area contributed by atoms with Gasteiger partial charge in [0.25, 0.3) is 5.91 Å². The van der Waals surface area contributed by atoms with Crippen molar-refractivity contribution in [2.45, 2.75) is 33.3 Å². The zero-order valence-electron chi connectivity index (χ0n) is 13.7. The van der Waals surface area contributed by atoms with Crippen LogP contribution in [-0.2, 0) is 14.3 Å². The molecule has 0 aromatic heterocycles. The SMILES string of the molecule is CC1=NC(=Cc2ccc(O)cc2)C(=O)N1CC(=O)OC(C)(C)C. The first-order valence-electron chi connectivity index (χ1n) is 7.25. The summed E-state index contributed by atoms with van der Waals surface area (Å²) in [5.74, 6) is -0.227. The summed E-state index contributed by atoms with van der Waals surface area (Å²) in [6.45, 7) is 6.81. The van der Waals surface area contributed by atoms with Gasteiger partial charge in [-0.1, -0.05) is 12.1 Å². The Morgan fingerprint density at radius 3 is 2.48 bits per heavy atom. The molecule has 1 aliphatic rings. The number of benzene rings is 1. The summed E-state index contributed by atoms with van der Waals surface area (Å²) in [5.41, 5.74) is 0.383. The molecular weight excluding hydrogens is 296 g/mol. The minimum absolute atomic E-state index is 0.149. The fourth-order valence-electron chi connectivity index (χ4n) is 2.08. The van der Waals surface area contributed by atoms with Crippen LogP contribution < -0.4 is 0 Å². The monoisotopic (exact) mass is 316 g/mol. The van der Waals surface area contributed by atoms with Gasteiger partial charge >= 0.3 is 5.97 Å². The molecule has 0 saturated heterocycles. The summed E-state index contributed by atoms with van der Waals surface area (Å²) < 4.78 is 5.23.